The molecular weight excluding hydrogens is 260 g/mol. The van der Waals surface area contributed by atoms with E-state index in [9.17, 15) is 9.90 Å². The number of carboxylic acid groups (broad SMARTS) is 1. The lowest BCUT2D eigenvalue weighted by molar-refractivity contribution is -0.142. The van der Waals surface area contributed by atoms with Crippen molar-refractivity contribution in [3.63, 3.8) is 0 Å². The van der Waals surface area contributed by atoms with Gasteiger partial charge < -0.3 is 10.4 Å². The van der Waals surface area contributed by atoms with Crippen LogP contribution in [0.4, 0.5) is 5.13 Å². The number of rotatable bonds is 4. The molecule has 1 fully saturated rings. The fraction of sp³-hybridized carbons (Fsp3) is 0.714. The first-order valence-corrected chi connectivity index (χ1v) is 7.66. The normalized spacial score (nSPS) is 27.5. The summed E-state index contributed by atoms with van der Waals surface area (Å²) in [5.74, 6) is 0.541. The lowest BCUT2D eigenvalue weighted by Crippen LogP contribution is -2.29. The van der Waals surface area contributed by atoms with Crippen LogP contribution in [0.1, 0.15) is 46.2 Å². The lowest BCUT2D eigenvalue weighted by atomic mass is 9.90. The molecule has 3 unspecified atom stereocenters. The summed E-state index contributed by atoms with van der Waals surface area (Å²) in [5, 5.41) is 15.4. The molecule has 2 N–H and O–H groups in total. The largest absolute Gasteiger partial charge is 0.481 e. The molecule has 4 nitrogen and oxygen atoms in total. The molecule has 2 rings (SSSR count). The van der Waals surface area contributed by atoms with E-state index in [4.69, 9.17) is 0 Å². The molecule has 106 valence electrons. The van der Waals surface area contributed by atoms with Gasteiger partial charge in [-0.05, 0) is 38.5 Å². The van der Waals surface area contributed by atoms with E-state index in [-0.39, 0.29) is 0 Å². The highest BCUT2D eigenvalue weighted by Crippen LogP contribution is 2.35. The SMILES string of the molecule is CC1CCC(Nc2nc(C(C)(C)C(=O)O)cs2)C1C. The van der Waals surface area contributed by atoms with Crippen molar-refractivity contribution in [3.05, 3.63) is 11.1 Å². The zero-order chi connectivity index (χ0) is 14.2. The molecule has 1 aromatic heterocycles. The summed E-state index contributed by atoms with van der Waals surface area (Å²) < 4.78 is 0. The molecule has 1 heterocycles. The molecule has 0 spiro atoms. The highest BCUT2D eigenvalue weighted by atomic mass is 32.1. The van der Waals surface area contributed by atoms with Crippen molar-refractivity contribution in [2.24, 2.45) is 11.8 Å². The van der Waals surface area contributed by atoms with Crippen LogP contribution in [0, 0.1) is 11.8 Å². The van der Waals surface area contributed by atoms with Gasteiger partial charge in [-0.25, -0.2) is 4.98 Å². The predicted octanol–water partition coefficient (Wildman–Crippen LogP) is 3.35. The average Bonchev–Trinajstić information content (AvgIpc) is 2.92. The van der Waals surface area contributed by atoms with Crippen molar-refractivity contribution >= 4 is 22.4 Å². The van der Waals surface area contributed by atoms with Crippen molar-refractivity contribution in [2.75, 3.05) is 5.32 Å². The molecule has 0 amide bonds. The molecule has 0 radical (unpaired) electrons. The Morgan fingerprint density at radius 3 is 2.68 bits per heavy atom. The lowest BCUT2D eigenvalue weighted by Gasteiger charge is -2.19. The number of anilines is 1. The molecule has 0 bridgehead atoms. The van der Waals surface area contributed by atoms with Crippen LogP contribution in [0.2, 0.25) is 0 Å². The second-order valence-corrected chi connectivity index (χ2v) is 6.99. The van der Waals surface area contributed by atoms with Gasteiger partial charge in [0.2, 0.25) is 0 Å². The number of nitrogens with one attached hydrogen (secondary N) is 1. The fourth-order valence-corrected chi connectivity index (χ4v) is 3.40. The van der Waals surface area contributed by atoms with E-state index < -0.39 is 11.4 Å². The Hall–Kier alpha value is -1.10. The summed E-state index contributed by atoms with van der Waals surface area (Å²) in [6.07, 6.45) is 2.41. The maximum Gasteiger partial charge on any atom is 0.315 e. The van der Waals surface area contributed by atoms with E-state index in [0.29, 0.717) is 17.7 Å². The maximum atomic E-state index is 11.2. The Labute approximate surface area is 118 Å². The number of hydrogen-bond acceptors (Lipinski definition) is 4. The van der Waals surface area contributed by atoms with Crippen LogP contribution < -0.4 is 5.32 Å². The smallest absolute Gasteiger partial charge is 0.315 e. The standard InChI is InChI=1S/C14H22N2O2S/c1-8-5-6-10(9(8)2)15-13-16-11(7-19-13)14(3,4)12(17)18/h7-10H,5-6H2,1-4H3,(H,15,16)(H,17,18). The summed E-state index contributed by atoms with van der Waals surface area (Å²) in [7, 11) is 0. The number of carboxylic acids is 1. The van der Waals surface area contributed by atoms with Gasteiger partial charge in [0.15, 0.2) is 5.13 Å². The van der Waals surface area contributed by atoms with Gasteiger partial charge >= 0.3 is 5.97 Å². The highest BCUT2D eigenvalue weighted by molar-refractivity contribution is 7.13. The summed E-state index contributed by atoms with van der Waals surface area (Å²) >= 11 is 1.50. The third kappa shape index (κ3) is 2.76. The molecule has 3 atom stereocenters. The van der Waals surface area contributed by atoms with Gasteiger partial charge in [0.1, 0.15) is 5.41 Å². The molecule has 5 heteroatoms. The van der Waals surface area contributed by atoms with Crippen LogP contribution in [0.5, 0.6) is 0 Å². The first-order valence-electron chi connectivity index (χ1n) is 6.78. The molecule has 1 aliphatic rings. The van der Waals surface area contributed by atoms with Crippen molar-refractivity contribution in [3.8, 4) is 0 Å². The van der Waals surface area contributed by atoms with Crippen LogP contribution >= 0.6 is 11.3 Å². The highest BCUT2D eigenvalue weighted by Gasteiger charge is 2.33. The minimum absolute atomic E-state index is 0.460. The van der Waals surface area contributed by atoms with E-state index >= 15 is 0 Å². The van der Waals surface area contributed by atoms with Crippen LogP contribution in [0.15, 0.2) is 5.38 Å². The molecule has 19 heavy (non-hydrogen) atoms. The van der Waals surface area contributed by atoms with Gasteiger partial charge in [-0.15, -0.1) is 11.3 Å². The van der Waals surface area contributed by atoms with Crippen LogP contribution in [0.25, 0.3) is 0 Å². The van der Waals surface area contributed by atoms with E-state index in [2.05, 4.69) is 24.1 Å². The van der Waals surface area contributed by atoms with E-state index in [1.807, 2.05) is 5.38 Å². The molecule has 0 saturated heterocycles. The summed E-state index contributed by atoms with van der Waals surface area (Å²) in [6, 6.07) is 0.460. The first kappa shape index (κ1) is 14.3. The number of aliphatic carboxylic acids is 1. The minimum Gasteiger partial charge on any atom is -0.481 e. The Morgan fingerprint density at radius 1 is 1.47 bits per heavy atom. The molecule has 1 aliphatic carbocycles. The number of nitrogens with zero attached hydrogens (tertiary/aromatic N) is 1. The van der Waals surface area contributed by atoms with Crippen molar-refractivity contribution in [1.29, 1.82) is 0 Å². The average molecular weight is 282 g/mol. The van der Waals surface area contributed by atoms with Crippen molar-refractivity contribution in [1.82, 2.24) is 4.98 Å². The van der Waals surface area contributed by atoms with Crippen LogP contribution in [0.3, 0.4) is 0 Å². The maximum absolute atomic E-state index is 11.2. The van der Waals surface area contributed by atoms with Gasteiger partial charge in [-0.2, -0.15) is 0 Å². The second-order valence-electron chi connectivity index (χ2n) is 6.13. The molecular formula is C14H22N2O2S. The van der Waals surface area contributed by atoms with E-state index in [1.165, 1.54) is 24.2 Å². The van der Waals surface area contributed by atoms with Crippen LogP contribution in [-0.4, -0.2) is 22.1 Å². The zero-order valence-corrected chi connectivity index (χ0v) is 12.8. The second kappa shape index (κ2) is 5.12. The Bertz CT molecular complexity index is 470. The Morgan fingerprint density at radius 2 is 2.16 bits per heavy atom. The minimum atomic E-state index is -0.926. The molecule has 1 saturated carbocycles. The van der Waals surface area contributed by atoms with Crippen molar-refractivity contribution in [2.45, 2.75) is 52.0 Å². The third-order valence-corrected chi connectivity index (χ3v) is 5.23. The van der Waals surface area contributed by atoms with E-state index in [0.717, 1.165) is 11.0 Å². The third-order valence-electron chi connectivity index (χ3n) is 4.45. The van der Waals surface area contributed by atoms with Gasteiger partial charge in [0.05, 0.1) is 5.69 Å². The topological polar surface area (TPSA) is 62.2 Å². The molecule has 0 aliphatic heterocycles. The monoisotopic (exact) mass is 282 g/mol. The first-order chi connectivity index (χ1) is 8.82. The van der Waals surface area contributed by atoms with Crippen molar-refractivity contribution < 1.29 is 9.90 Å². The number of hydrogen-bond donors (Lipinski definition) is 2. The molecule has 1 aromatic rings. The number of thiazole rings is 1. The summed E-state index contributed by atoms with van der Waals surface area (Å²) in [5.41, 5.74) is -0.295. The Balaban J connectivity index is 2.08. The summed E-state index contributed by atoms with van der Waals surface area (Å²) in [6.45, 7) is 7.93. The zero-order valence-electron chi connectivity index (χ0n) is 11.9. The van der Waals surface area contributed by atoms with Gasteiger partial charge in [0.25, 0.3) is 0 Å². The van der Waals surface area contributed by atoms with Crippen LogP contribution in [-0.2, 0) is 10.2 Å². The van der Waals surface area contributed by atoms with Gasteiger partial charge in [-0.3, -0.25) is 4.79 Å². The van der Waals surface area contributed by atoms with Gasteiger partial charge in [-0.1, -0.05) is 13.8 Å². The summed E-state index contributed by atoms with van der Waals surface area (Å²) in [4.78, 5) is 15.7. The molecule has 0 aromatic carbocycles. The van der Waals surface area contributed by atoms with Gasteiger partial charge in [0, 0.05) is 11.4 Å². The number of aromatic nitrogens is 1. The van der Waals surface area contributed by atoms with E-state index in [1.54, 1.807) is 13.8 Å². The quantitative estimate of drug-likeness (QED) is 0.889. The predicted molar refractivity (Wildman–Crippen MR) is 77.7 cm³/mol. The number of carbonyl (C=O) groups is 1. The fourth-order valence-electron chi connectivity index (χ4n) is 2.46. The Kier molecular flexibility index (Phi) is 3.85.